The SMILES string of the molecule is CC(C=O)(CC(=O)CCCCOCc1ccccc1)Cc1ccccc1. The Labute approximate surface area is 156 Å². The molecule has 0 bridgehead atoms. The van der Waals surface area contributed by atoms with E-state index in [-0.39, 0.29) is 5.78 Å². The van der Waals surface area contributed by atoms with Crippen molar-refractivity contribution in [1.29, 1.82) is 0 Å². The lowest BCUT2D eigenvalue weighted by molar-refractivity contribution is -0.126. The lowest BCUT2D eigenvalue weighted by Crippen LogP contribution is -2.25. The third-order valence-electron chi connectivity index (χ3n) is 4.44. The van der Waals surface area contributed by atoms with Gasteiger partial charge in [-0.25, -0.2) is 0 Å². The van der Waals surface area contributed by atoms with Crippen LogP contribution >= 0.6 is 0 Å². The highest BCUT2D eigenvalue weighted by Gasteiger charge is 2.27. The molecule has 3 heteroatoms. The molecule has 0 spiro atoms. The van der Waals surface area contributed by atoms with E-state index < -0.39 is 5.41 Å². The molecular weight excluding hydrogens is 324 g/mol. The van der Waals surface area contributed by atoms with Gasteiger partial charge in [0.15, 0.2) is 0 Å². The summed E-state index contributed by atoms with van der Waals surface area (Å²) in [5.41, 5.74) is 1.62. The first-order chi connectivity index (χ1) is 12.6. The first-order valence-electron chi connectivity index (χ1n) is 9.25. The van der Waals surface area contributed by atoms with Crippen molar-refractivity contribution in [3.05, 3.63) is 71.8 Å². The third-order valence-corrected chi connectivity index (χ3v) is 4.44. The highest BCUT2D eigenvalue weighted by Crippen LogP contribution is 2.25. The van der Waals surface area contributed by atoms with Crippen molar-refractivity contribution in [2.75, 3.05) is 6.61 Å². The van der Waals surface area contributed by atoms with Crippen LogP contribution in [-0.2, 0) is 27.4 Å². The van der Waals surface area contributed by atoms with E-state index >= 15 is 0 Å². The Morgan fingerprint density at radius 3 is 2.19 bits per heavy atom. The molecule has 0 aliphatic rings. The maximum absolute atomic E-state index is 12.3. The van der Waals surface area contributed by atoms with Gasteiger partial charge in [0.05, 0.1) is 6.61 Å². The standard InChI is InChI=1S/C23H28O3/c1-23(19-24,16-20-10-4-2-5-11-20)17-22(25)14-8-9-15-26-18-21-12-6-3-7-13-21/h2-7,10-13,19H,8-9,14-18H2,1H3. The fraction of sp³-hybridized carbons (Fsp3) is 0.391. The number of hydrogen-bond donors (Lipinski definition) is 0. The number of carbonyl (C=O) groups is 2. The second kappa shape index (κ2) is 10.7. The molecule has 0 saturated carbocycles. The lowest BCUT2D eigenvalue weighted by Gasteiger charge is -2.22. The zero-order valence-corrected chi connectivity index (χ0v) is 15.5. The van der Waals surface area contributed by atoms with Gasteiger partial charge < -0.3 is 9.53 Å². The number of unbranched alkanes of at least 4 members (excludes halogenated alkanes) is 1. The average Bonchev–Trinajstić information content (AvgIpc) is 2.66. The zero-order valence-electron chi connectivity index (χ0n) is 15.5. The van der Waals surface area contributed by atoms with Gasteiger partial charge >= 0.3 is 0 Å². The van der Waals surface area contributed by atoms with Crippen LogP contribution < -0.4 is 0 Å². The van der Waals surface area contributed by atoms with E-state index in [1.807, 2.05) is 67.6 Å². The first-order valence-corrected chi connectivity index (χ1v) is 9.25. The molecule has 0 heterocycles. The van der Waals surface area contributed by atoms with E-state index in [0.29, 0.717) is 32.5 Å². The summed E-state index contributed by atoms with van der Waals surface area (Å²) in [6.45, 7) is 3.13. The second-order valence-corrected chi connectivity index (χ2v) is 7.14. The Morgan fingerprint density at radius 1 is 0.962 bits per heavy atom. The first kappa shape index (κ1) is 20.1. The van der Waals surface area contributed by atoms with E-state index in [9.17, 15) is 9.59 Å². The smallest absolute Gasteiger partial charge is 0.133 e. The molecule has 2 aromatic carbocycles. The number of aldehydes is 1. The molecule has 2 aromatic rings. The van der Waals surface area contributed by atoms with Gasteiger partial charge in [0.25, 0.3) is 0 Å². The van der Waals surface area contributed by atoms with Crippen LogP contribution in [0.5, 0.6) is 0 Å². The summed E-state index contributed by atoms with van der Waals surface area (Å²) in [6.07, 6.45) is 4.00. The molecule has 138 valence electrons. The maximum Gasteiger partial charge on any atom is 0.133 e. The molecule has 26 heavy (non-hydrogen) atoms. The van der Waals surface area contributed by atoms with E-state index in [2.05, 4.69) is 0 Å². The Hall–Kier alpha value is -2.26. The highest BCUT2D eigenvalue weighted by atomic mass is 16.5. The summed E-state index contributed by atoms with van der Waals surface area (Å²) in [7, 11) is 0. The lowest BCUT2D eigenvalue weighted by atomic mass is 9.80. The van der Waals surface area contributed by atoms with Crippen molar-refractivity contribution in [3.63, 3.8) is 0 Å². The quantitative estimate of drug-likeness (QED) is 0.408. The molecular formula is C23H28O3. The summed E-state index contributed by atoms with van der Waals surface area (Å²) in [5, 5.41) is 0. The number of Topliss-reactive ketones (excluding diaryl/α,β-unsaturated/α-hetero) is 1. The summed E-state index contributed by atoms with van der Waals surface area (Å²) in [6, 6.07) is 19.9. The molecule has 3 nitrogen and oxygen atoms in total. The van der Waals surface area contributed by atoms with Crippen LogP contribution in [0.1, 0.15) is 43.7 Å². The van der Waals surface area contributed by atoms with Gasteiger partial charge in [0.1, 0.15) is 12.1 Å². The molecule has 0 radical (unpaired) electrons. The fourth-order valence-corrected chi connectivity index (χ4v) is 3.04. The Bertz CT molecular complexity index is 666. The second-order valence-electron chi connectivity index (χ2n) is 7.14. The minimum atomic E-state index is -0.623. The summed E-state index contributed by atoms with van der Waals surface area (Å²) in [4.78, 5) is 23.8. The van der Waals surface area contributed by atoms with Crippen LogP contribution in [0.4, 0.5) is 0 Å². The summed E-state index contributed by atoms with van der Waals surface area (Å²) in [5.74, 6) is 0.151. The number of rotatable bonds is 12. The summed E-state index contributed by atoms with van der Waals surface area (Å²) < 4.78 is 5.64. The van der Waals surface area contributed by atoms with Crippen molar-refractivity contribution in [2.24, 2.45) is 5.41 Å². The Balaban J connectivity index is 1.64. The molecule has 0 fully saturated rings. The van der Waals surface area contributed by atoms with E-state index in [1.54, 1.807) is 0 Å². The molecule has 1 unspecified atom stereocenters. The third kappa shape index (κ3) is 7.32. The predicted molar refractivity (Wildman–Crippen MR) is 104 cm³/mol. The van der Waals surface area contributed by atoms with Gasteiger partial charge in [-0.2, -0.15) is 0 Å². The highest BCUT2D eigenvalue weighted by molar-refractivity contribution is 5.82. The fourth-order valence-electron chi connectivity index (χ4n) is 3.04. The van der Waals surface area contributed by atoms with Crippen LogP contribution in [0.25, 0.3) is 0 Å². The number of ketones is 1. The molecule has 0 aromatic heterocycles. The van der Waals surface area contributed by atoms with Crippen LogP contribution in [0.3, 0.4) is 0 Å². The molecule has 1 atom stereocenters. The number of hydrogen-bond acceptors (Lipinski definition) is 3. The van der Waals surface area contributed by atoms with Crippen LogP contribution in [0.15, 0.2) is 60.7 Å². The van der Waals surface area contributed by atoms with Crippen LogP contribution in [0, 0.1) is 5.41 Å². The predicted octanol–water partition coefficient (Wildman–Crippen LogP) is 4.78. The van der Waals surface area contributed by atoms with Gasteiger partial charge in [-0.05, 0) is 30.4 Å². The number of benzene rings is 2. The molecule has 0 saturated heterocycles. The molecule has 0 amide bonds. The largest absolute Gasteiger partial charge is 0.377 e. The van der Waals surface area contributed by atoms with Gasteiger partial charge in [0.2, 0.25) is 0 Å². The number of carbonyl (C=O) groups excluding carboxylic acids is 2. The van der Waals surface area contributed by atoms with Crippen molar-refractivity contribution >= 4 is 12.1 Å². The Morgan fingerprint density at radius 2 is 1.58 bits per heavy atom. The van der Waals surface area contributed by atoms with Crippen LogP contribution in [-0.4, -0.2) is 18.7 Å². The average molecular weight is 352 g/mol. The van der Waals surface area contributed by atoms with Crippen molar-refractivity contribution in [1.82, 2.24) is 0 Å². The molecule has 0 aliphatic heterocycles. The van der Waals surface area contributed by atoms with Gasteiger partial charge in [-0.1, -0.05) is 67.6 Å². The van der Waals surface area contributed by atoms with Gasteiger partial charge in [-0.15, -0.1) is 0 Å². The Kier molecular flexibility index (Phi) is 8.23. The summed E-state index contributed by atoms with van der Waals surface area (Å²) >= 11 is 0. The maximum atomic E-state index is 12.3. The van der Waals surface area contributed by atoms with Crippen molar-refractivity contribution < 1.29 is 14.3 Å². The van der Waals surface area contributed by atoms with E-state index in [0.717, 1.165) is 30.3 Å². The van der Waals surface area contributed by atoms with Crippen LogP contribution in [0.2, 0.25) is 0 Å². The topological polar surface area (TPSA) is 43.4 Å². The van der Waals surface area contributed by atoms with Crippen molar-refractivity contribution in [2.45, 2.75) is 45.6 Å². The monoisotopic (exact) mass is 352 g/mol. The zero-order chi connectivity index (χ0) is 18.7. The van der Waals surface area contributed by atoms with Crippen molar-refractivity contribution in [3.8, 4) is 0 Å². The molecule has 0 N–H and O–H groups in total. The normalized spacial score (nSPS) is 13.1. The molecule has 2 rings (SSSR count). The van der Waals surface area contributed by atoms with Gasteiger partial charge in [0, 0.05) is 24.9 Å². The number of ether oxygens (including phenoxy) is 1. The van der Waals surface area contributed by atoms with E-state index in [4.69, 9.17) is 4.74 Å². The van der Waals surface area contributed by atoms with Gasteiger partial charge in [-0.3, -0.25) is 4.79 Å². The minimum absolute atomic E-state index is 0.151. The van der Waals surface area contributed by atoms with E-state index in [1.165, 1.54) is 0 Å². The molecule has 0 aliphatic carbocycles. The minimum Gasteiger partial charge on any atom is -0.377 e.